The van der Waals surface area contributed by atoms with E-state index in [0.29, 0.717) is 24.6 Å². The molecule has 0 bridgehead atoms. The van der Waals surface area contributed by atoms with Crippen LogP contribution in [-0.4, -0.2) is 56.7 Å². The van der Waals surface area contributed by atoms with Crippen LogP contribution >= 0.6 is 0 Å². The predicted octanol–water partition coefficient (Wildman–Crippen LogP) is 6.63. The van der Waals surface area contributed by atoms with Crippen LogP contribution < -0.4 is 15.0 Å². The van der Waals surface area contributed by atoms with E-state index < -0.39 is 0 Å². The molecule has 1 heterocycles. The molecule has 1 aliphatic heterocycles. The summed E-state index contributed by atoms with van der Waals surface area (Å²) >= 11 is 0. The minimum atomic E-state index is -0.371. The number of piperidine rings is 1. The number of carbonyl (C=O) groups excluding carboxylic acids is 2. The van der Waals surface area contributed by atoms with Crippen LogP contribution in [0.25, 0.3) is 10.8 Å². The smallest absolute Gasteiger partial charge is 0.246 e. The van der Waals surface area contributed by atoms with Gasteiger partial charge in [0.1, 0.15) is 24.2 Å². The van der Waals surface area contributed by atoms with Gasteiger partial charge in [-0.25, -0.2) is 0 Å². The fourth-order valence-electron chi connectivity index (χ4n) is 5.88. The van der Waals surface area contributed by atoms with E-state index in [9.17, 15) is 9.59 Å². The number of nitrogens with zero attached hydrogens (tertiary/aromatic N) is 3. The van der Waals surface area contributed by atoms with E-state index in [2.05, 4.69) is 72.7 Å². The maximum atomic E-state index is 12.9. The summed E-state index contributed by atoms with van der Waals surface area (Å²) in [6.45, 7) is 13.8. The summed E-state index contributed by atoms with van der Waals surface area (Å²) in [7, 11) is 1.93. The Morgan fingerprint density at radius 2 is 1.98 bits per heavy atom. The zero-order chi connectivity index (χ0) is 29.4. The quantitative estimate of drug-likeness (QED) is 0.190. The second-order valence-corrected chi connectivity index (χ2v) is 10.7. The molecule has 1 amide bonds. The normalized spacial score (nSPS) is 14.8. The lowest BCUT2D eigenvalue weighted by Gasteiger charge is -2.34. The summed E-state index contributed by atoms with van der Waals surface area (Å²) < 4.78 is 6.18. The number of amides is 1. The van der Waals surface area contributed by atoms with Crippen LogP contribution in [0.2, 0.25) is 0 Å². The van der Waals surface area contributed by atoms with E-state index >= 15 is 0 Å². The molecule has 3 aromatic rings. The molecule has 0 radical (unpaired) electrons. The van der Waals surface area contributed by atoms with Gasteiger partial charge in [-0.2, -0.15) is 0 Å². The number of nitrogens with one attached hydrogen (secondary N) is 1. The molecule has 3 aromatic carbocycles. The molecule has 4 rings (SSSR count). The first-order chi connectivity index (χ1) is 19.9. The molecular weight excluding hydrogens is 512 g/mol. The lowest BCUT2D eigenvalue weighted by atomic mass is 9.85. The minimum absolute atomic E-state index is 0.0998. The summed E-state index contributed by atoms with van der Waals surface area (Å²) in [4.78, 5) is 33.5. The molecule has 1 unspecified atom stereocenters. The number of hydrogen-bond donors (Lipinski definition) is 1. The number of ether oxygens (including phenoxy) is 1. The average Bonchev–Trinajstić information content (AvgIpc) is 3.01. The van der Waals surface area contributed by atoms with Gasteiger partial charge in [-0.05, 0) is 79.2 Å². The fourth-order valence-corrected chi connectivity index (χ4v) is 5.88. The lowest BCUT2D eigenvalue weighted by Crippen LogP contribution is -2.43. The number of likely N-dealkylation sites (N-methyl/N-ethyl adjacent to an activating group) is 1. The van der Waals surface area contributed by atoms with Crippen molar-refractivity contribution >= 4 is 41.1 Å². The largest absolute Gasteiger partial charge is 0.476 e. The molecule has 1 aliphatic rings. The van der Waals surface area contributed by atoms with Gasteiger partial charge in [-0.1, -0.05) is 57.2 Å². The first-order valence-electron chi connectivity index (χ1n) is 14.5. The van der Waals surface area contributed by atoms with E-state index in [-0.39, 0.29) is 11.9 Å². The Bertz CT molecular complexity index is 1390. The SMILES string of the molecule is C=CNC(=O)C(CCC)N(C)c1ccc(C2CCN(COc3cc(CC)ccc3N=C)CC2)c2cccc(C=O)c12. The number of benzene rings is 3. The summed E-state index contributed by atoms with van der Waals surface area (Å²) in [5.41, 5.74) is 4.75. The van der Waals surface area contributed by atoms with Crippen LogP contribution in [0, 0.1) is 0 Å². The Morgan fingerprint density at radius 3 is 2.63 bits per heavy atom. The molecule has 0 saturated carbocycles. The van der Waals surface area contributed by atoms with Gasteiger partial charge in [-0.3, -0.25) is 19.5 Å². The third kappa shape index (κ3) is 6.68. The van der Waals surface area contributed by atoms with Gasteiger partial charge in [0, 0.05) is 36.8 Å². The Labute approximate surface area is 243 Å². The highest BCUT2D eigenvalue weighted by atomic mass is 16.5. The molecule has 0 spiro atoms. The Balaban J connectivity index is 1.55. The van der Waals surface area contributed by atoms with E-state index in [4.69, 9.17) is 4.74 Å². The molecule has 1 fully saturated rings. The molecule has 7 nitrogen and oxygen atoms in total. The molecule has 7 heteroatoms. The van der Waals surface area contributed by atoms with Crippen LogP contribution in [0.4, 0.5) is 11.4 Å². The zero-order valence-corrected chi connectivity index (χ0v) is 24.6. The molecule has 1 saturated heterocycles. The highest BCUT2D eigenvalue weighted by molar-refractivity contribution is 6.07. The average molecular weight is 555 g/mol. The standard InChI is InChI=1S/C34H42N4O3/c1-6-10-31(34(40)36-8-3)37(5)30-16-14-27(28-12-9-11-26(22-39)33(28)30)25-17-19-38(20-18-25)23-41-32-21-24(7-2)13-15-29(32)35-4/h8-9,11-16,21-22,25,31H,3-4,6-7,10,17-20,23H2,1-2,5H3,(H,36,40). The second kappa shape index (κ2) is 14.1. The van der Waals surface area contributed by atoms with Crippen molar-refractivity contribution in [3.63, 3.8) is 0 Å². The number of aliphatic imine (C=N–C) groups is 1. The van der Waals surface area contributed by atoms with Gasteiger partial charge in [0.25, 0.3) is 0 Å². The summed E-state index contributed by atoms with van der Waals surface area (Å²) in [6.07, 6.45) is 6.80. The van der Waals surface area contributed by atoms with Gasteiger partial charge >= 0.3 is 0 Å². The monoisotopic (exact) mass is 554 g/mol. The Morgan fingerprint density at radius 1 is 1.20 bits per heavy atom. The third-order valence-electron chi connectivity index (χ3n) is 8.20. The number of aldehydes is 1. The van der Waals surface area contributed by atoms with Crippen molar-refractivity contribution in [2.75, 3.05) is 31.8 Å². The van der Waals surface area contributed by atoms with Crippen LogP contribution in [0.1, 0.15) is 66.9 Å². The molecule has 1 N–H and O–H groups in total. The molecule has 0 aliphatic carbocycles. The van der Waals surface area contributed by atoms with Gasteiger partial charge in [-0.15, -0.1) is 0 Å². The van der Waals surface area contributed by atoms with E-state index in [0.717, 1.165) is 73.0 Å². The third-order valence-corrected chi connectivity index (χ3v) is 8.20. The number of aryl methyl sites for hydroxylation is 1. The molecule has 0 aromatic heterocycles. The highest BCUT2D eigenvalue weighted by Crippen LogP contribution is 2.39. The van der Waals surface area contributed by atoms with Crippen molar-refractivity contribution in [1.82, 2.24) is 10.2 Å². The van der Waals surface area contributed by atoms with Crippen molar-refractivity contribution < 1.29 is 14.3 Å². The molecule has 41 heavy (non-hydrogen) atoms. The van der Waals surface area contributed by atoms with Crippen molar-refractivity contribution in [3.05, 3.63) is 78.0 Å². The van der Waals surface area contributed by atoms with E-state index in [1.807, 2.05) is 30.1 Å². The topological polar surface area (TPSA) is 74.2 Å². The molecule has 1 atom stereocenters. The molecular formula is C34H42N4O3. The van der Waals surface area contributed by atoms with Gasteiger partial charge in [0.05, 0.1) is 0 Å². The van der Waals surface area contributed by atoms with Crippen LogP contribution in [0.15, 0.2) is 66.3 Å². The van der Waals surface area contributed by atoms with Crippen LogP contribution in [-0.2, 0) is 11.2 Å². The van der Waals surface area contributed by atoms with Crippen molar-refractivity contribution in [2.45, 2.75) is 57.9 Å². The van der Waals surface area contributed by atoms with Gasteiger partial charge < -0.3 is 15.0 Å². The number of anilines is 1. The van der Waals surface area contributed by atoms with Gasteiger partial charge in [0.2, 0.25) is 5.91 Å². The number of hydrogen-bond acceptors (Lipinski definition) is 6. The predicted molar refractivity (Wildman–Crippen MR) is 169 cm³/mol. The maximum Gasteiger partial charge on any atom is 0.246 e. The number of carbonyl (C=O) groups is 2. The first kappa shape index (κ1) is 30.0. The maximum absolute atomic E-state index is 12.9. The number of fused-ring (bicyclic) bond motifs is 1. The summed E-state index contributed by atoms with van der Waals surface area (Å²) in [5, 5.41) is 4.73. The second-order valence-electron chi connectivity index (χ2n) is 10.7. The fraction of sp³-hybridized carbons (Fsp3) is 0.382. The summed E-state index contributed by atoms with van der Waals surface area (Å²) in [6, 6.07) is 15.9. The van der Waals surface area contributed by atoms with E-state index in [1.165, 1.54) is 17.3 Å². The van der Waals surface area contributed by atoms with E-state index in [1.54, 1.807) is 0 Å². The van der Waals surface area contributed by atoms with Crippen molar-refractivity contribution in [1.29, 1.82) is 0 Å². The van der Waals surface area contributed by atoms with Crippen LogP contribution in [0.5, 0.6) is 5.75 Å². The van der Waals surface area contributed by atoms with Crippen molar-refractivity contribution in [2.24, 2.45) is 4.99 Å². The Kier molecular flexibility index (Phi) is 10.3. The lowest BCUT2D eigenvalue weighted by molar-refractivity contribution is -0.121. The number of likely N-dealkylation sites (tertiary alicyclic amines) is 1. The zero-order valence-electron chi connectivity index (χ0n) is 24.6. The molecule has 216 valence electrons. The van der Waals surface area contributed by atoms with Gasteiger partial charge in [0.15, 0.2) is 6.29 Å². The highest BCUT2D eigenvalue weighted by Gasteiger charge is 2.27. The minimum Gasteiger partial charge on any atom is -0.476 e. The Hall–Kier alpha value is -3.97. The summed E-state index contributed by atoms with van der Waals surface area (Å²) in [5.74, 6) is 1.04. The van der Waals surface area contributed by atoms with Crippen molar-refractivity contribution in [3.8, 4) is 5.75 Å². The number of rotatable bonds is 13. The van der Waals surface area contributed by atoms with Crippen LogP contribution in [0.3, 0.4) is 0 Å². The first-order valence-corrected chi connectivity index (χ1v) is 14.5.